The molecule has 0 fully saturated rings. The Labute approximate surface area is 156 Å². The molecule has 0 radical (unpaired) electrons. The summed E-state index contributed by atoms with van der Waals surface area (Å²) >= 11 is 0. The summed E-state index contributed by atoms with van der Waals surface area (Å²) in [5.74, 6) is -1.42. The number of esters is 1. The van der Waals surface area contributed by atoms with Crippen LogP contribution in [0.5, 0.6) is 0 Å². The number of ether oxygens (including phenoxy) is 1. The van der Waals surface area contributed by atoms with E-state index in [1.54, 1.807) is 0 Å². The van der Waals surface area contributed by atoms with Crippen molar-refractivity contribution in [1.29, 1.82) is 0 Å². The highest BCUT2D eigenvalue weighted by Gasteiger charge is 2.20. The summed E-state index contributed by atoms with van der Waals surface area (Å²) in [6, 6.07) is 9.24. The largest absolute Gasteiger partial charge is 0.464 e. The van der Waals surface area contributed by atoms with Crippen molar-refractivity contribution in [2.24, 2.45) is 0 Å². The van der Waals surface area contributed by atoms with Crippen molar-refractivity contribution < 1.29 is 23.1 Å². The molecule has 1 atom stereocenters. The molecule has 0 spiro atoms. The number of halogens is 1. The Hall–Kier alpha value is -3.15. The third-order valence-electron chi connectivity index (χ3n) is 4.39. The number of aryl methyl sites for hydroxylation is 2. The molecule has 1 heterocycles. The molecule has 3 aromatic rings. The van der Waals surface area contributed by atoms with Crippen molar-refractivity contribution in [3.63, 3.8) is 0 Å². The molecule has 140 valence electrons. The minimum atomic E-state index is -0.982. The molecule has 0 bridgehead atoms. The quantitative estimate of drug-likeness (QED) is 0.681. The fourth-order valence-electron chi connectivity index (χ4n) is 2.70. The molecule has 5 nitrogen and oxygen atoms in total. The van der Waals surface area contributed by atoms with Crippen molar-refractivity contribution in [2.45, 2.75) is 33.3 Å². The molecule has 27 heavy (non-hydrogen) atoms. The first-order valence-electron chi connectivity index (χ1n) is 8.56. The van der Waals surface area contributed by atoms with E-state index in [0.717, 1.165) is 16.5 Å². The van der Waals surface area contributed by atoms with Crippen molar-refractivity contribution in [3.05, 3.63) is 65.2 Å². The monoisotopic (exact) mass is 369 g/mol. The molecule has 0 saturated carbocycles. The van der Waals surface area contributed by atoms with Crippen molar-refractivity contribution >= 4 is 28.5 Å². The molecule has 0 unspecified atom stereocenters. The minimum Gasteiger partial charge on any atom is -0.464 e. The highest BCUT2D eigenvalue weighted by molar-refractivity contribution is 5.95. The summed E-state index contributed by atoms with van der Waals surface area (Å²) in [6.07, 6.45) is 0.558. The van der Waals surface area contributed by atoms with Crippen LogP contribution in [0.1, 0.15) is 23.6 Å². The van der Waals surface area contributed by atoms with Gasteiger partial charge in [-0.2, -0.15) is 0 Å². The van der Waals surface area contributed by atoms with Gasteiger partial charge in [-0.15, -0.1) is 0 Å². The van der Waals surface area contributed by atoms with Crippen LogP contribution in [0.4, 0.5) is 10.1 Å². The van der Waals surface area contributed by atoms with Crippen molar-refractivity contribution in [2.75, 3.05) is 5.32 Å². The van der Waals surface area contributed by atoms with Gasteiger partial charge < -0.3 is 14.5 Å². The first kappa shape index (κ1) is 18.6. The lowest BCUT2D eigenvalue weighted by atomic mass is 10.0. The van der Waals surface area contributed by atoms with Gasteiger partial charge in [0.25, 0.3) is 5.91 Å². The minimum absolute atomic E-state index is 0.00364. The highest BCUT2D eigenvalue weighted by atomic mass is 19.1. The smallest absolute Gasteiger partial charge is 0.311 e. The van der Waals surface area contributed by atoms with E-state index in [9.17, 15) is 14.0 Å². The topological polar surface area (TPSA) is 68.5 Å². The second-order valence-electron chi connectivity index (χ2n) is 6.50. The summed E-state index contributed by atoms with van der Waals surface area (Å²) in [5, 5.41) is 3.43. The number of benzene rings is 2. The summed E-state index contributed by atoms with van der Waals surface area (Å²) < 4.78 is 23.6. The SMILES string of the molecule is Cc1cc2occ(CC(=O)O[C@H](C)C(=O)Nc3ccc(F)cc3)c2cc1C. The summed E-state index contributed by atoms with van der Waals surface area (Å²) in [6.45, 7) is 5.47. The lowest BCUT2D eigenvalue weighted by Gasteiger charge is -2.13. The Kier molecular flexibility index (Phi) is 5.26. The van der Waals surface area contributed by atoms with Crippen molar-refractivity contribution in [3.8, 4) is 0 Å². The van der Waals surface area contributed by atoms with Gasteiger partial charge >= 0.3 is 5.97 Å². The van der Waals surface area contributed by atoms with Crippen LogP contribution in [0.15, 0.2) is 47.1 Å². The molecule has 0 saturated heterocycles. The normalized spacial score (nSPS) is 12.0. The molecule has 1 N–H and O–H groups in total. The van der Waals surface area contributed by atoms with Crippen LogP contribution >= 0.6 is 0 Å². The molecule has 6 heteroatoms. The standard InChI is InChI=1S/C21H20FNO4/c1-12-8-18-15(11-26-19(18)9-13(12)2)10-20(24)27-14(3)21(25)23-17-6-4-16(22)5-7-17/h4-9,11,14H,10H2,1-3H3,(H,23,25)/t14-/m1/s1. The average Bonchev–Trinajstić information content (AvgIpc) is 2.98. The average molecular weight is 369 g/mol. The lowest BCUT2D eigenvalue weighted by Crippen LogP contribution is -2.30. The second-order valence-corrected chi connectivity index (χ2v) is 6.50. The number of anilines is 1. The number of hydrogen-bond acceptors (Lipinski definition) is 4. The maximum atomic E-state index is 12.9. The summed E-state index contributed by atoms with van der Waals surface area (Å²) in [7, 11) is 0. The highest BCUT2D eigenvalue weighted by Crippen LogP contribution is 2.25. The Balaban J connectivity index is 1.62. The third-order valence-corrected chi connectivity index (χ3v) is 4.39. The second kappa shape index (κ2) is 7.61. The van der Waals surface area contributed by atoms with Gasteiger partial charge in [0.05, 0.1) is 12.7 Å². The van der Waals surface area contributed by atoms with E-state index >= 15 is 0 Å². The van der Waals surface area contributed by atoms with Crippen LogP contribution in [0.25, 0.3) is 11.0 Å². The van der Waals surface area contributed by atoms with Gasteiger partial charge in [0.2, 0.25) is 0 Å². The van der Waals surface area contributed by atoms with E-state index < -0.39 is 23.8 Å². The zero-order valence-electron chi connectivity index (χ0n) is 15.3. The number of nitrogens with one attached hydrogen (secondary N) is 1. The fraction of sp³-hybridized carbons (Fsp3) is 0.238. The Morgan fingerprint density at radius 3 is 2.52 bits per heavy atom. The maximum absolute atomic E-state index is 12.9. The predicted octanol–water partition coefficient (Wildman–Crippen LogP) is 4.30. The summed E-state index contributed by atoms with van der Waals surface area (Å²) in [5.41, 5.74) is 4.06. The Morgan fingerprint density at radius 1 is 1.15 bits per heavy atom. The van der Waals surface area contributed by atoms with E-state index in [2.05, 4.69) is 5.32 Å². The van der Waals surface area contributed by atoms with E-state index in [-0.39, 0.29) is 6.42 Å². The van der Waals surface area contributed by atoms with Gasteiger partial charge in [0.15, 0.2) is 6.10 Å². The van der Waals surface area contributed by atoms with Crippen LogP contribution in [0.3, 0.4) is 0 Å². The maximum Gasteiger partial charge on any atom is 0.311 e. The van der Waals surface area contributed by atoms with E-state index in [0.29, 0.717) is 16.8 Å². The number of rotatable bonds is 5. The molecule has 3 rings (SSSR count). The molecule has 0 aliphatic carbocycles. The van der Waals surface area contributed by atoms with Gasteiger partial charge in [-0.1, -0.05) is 0 Å². The molecule has 2 aromatic carbocycles. The van der Waals surface area contributed by atoms with Crippen LogP contribution in [0, 0.1) is 19.7 Å². The third kappa shape index (κ3) is 4.34. The predicted molar refractivity (Wildman–Crippen MR) is 100.0 cm³/mol. The van der Waals surface area contributed by atoms with E-state index in [1.807, 2.05) is 26.0 Å². The number of carbonyl (C=O) groups is 2. The van der Waals surface area contributed by atoms with E-state index in [4.69, 9.17) is 9.15 Å². The zero-order valence-corrected chi connectivity index (χ0v) is 15.3. The van der Waals surface area contributed by atoms with Gasteiger partial charge in [0, 0.05) is 16.6 Å². The number of fused-ring (bicyclic) bond motifs is 1. The summed E-state index contributed by atoms with van der Waals surface area (Å²) in [4.78, 5) is 24.4. The number of amides is 1. The first-order valence-corrected chi connectivity index (χ1v) is 8.56. The van der Waals surface area contributed by atoms with E-state index in [1.165, 1.54) is 37.5 Å². The van der Waals surface area contributed by atoms with Crippen LogP contribution in [-0.2, 0) is 20.7 Å². The van der Waals surface area contributed by atoms with Gasteiger partial charge in [-0.25, -0.2) is 4.39 Å². The van der Waals surface area contributed by atoms with Crippen molar-refractivity contribution in [1.82, 2.24) is 0 Å². The zero-order chi connectivity index (χ0) is 19.6. The Morgan fingerprint density at radius 2 is 1.81 bits per heavy atom. The number of furan rings is 1. The Bertz CT molecular complexity index is 991. The van der Waals surface area contributed by atoms with Crippen LogP contribution < -0.4 is 5.32 Å². The fourth-order valence-corrected chi connectivity index (χ4v) is 2.70. The van der Waals surface area contributed by atoms with Gasteiger partial charge in [-0.05, 0) is 68.3 Å². The molecular weight excluding hydrogens is 349 g/mol. The number of hydrogen-bond donors (Lipinski definition) is 1. The first-order chi connectivity index (χ1) is 12.8. The molecule has 0 aliphatic rings. The molecular formula is C21H20FNO4. The van der Waals surface area contributed by atoms with Gasteiger partial charge in [0.1, 0.15) is 11.4 Å². The van der Waals surface area contributed by atoms with Gasteiger partial charge in [-0.3, -0.25) is 9.59 Å². The van der Waals surface area contributed by atoms with Crippen LogP contribution in [0.2, 0.25) is 0 Å². The van der Waals surface area contributed by atoms with Crippen LogP contribution in [-0.4, -0.2) is 18.0 Å². The molecule has 0 aliphatic heterocycles. The number of carbonyl (C=O) groups excluding carboxylic acids is 2. The molecule has 1 amide bonds. The lowest BCUT2D eigenvalue weighted by molar-refractivity contribution is -0.152. The molecule has 1 aromatic heterocycles.